The Labute approximate surface area is 124 Å². The zero-order valence-corrected chi connectivity index (χ0v) is 12.0. The van der Waals surface area contributed by atoms with Gasteiger partial charge in [0.1, 0.15) is 0 Å². The number of hydrogen-bond acceptors (Lipinski definition) is 4. The van der Waals surface area contributed by atoms with E-state index in [-0.39, 0.29) is 11.6 Å². The van der Waals surface area contributed by atoms with Crippen molar-refractivity contribution in [1.29, 1.82) is 0 Å². The maximum Gasteiger partial charge on any atom is 0.269 e. The first-order chi connectivity index (χ1) is 10.1. The number of carbonyl (C=O) groups is 1. The van der Waals surface area contributed by atoms with Crippen LogP contribution in [0.15, 0.2) is 24.3 Å². The zero-order chi connectivity index (χ0) is 15.2. The Bertz CT molecular complexity index is 493. The number of hydrogen-bond donors (Lipinski definition) is 1. The fraction of sp³-hybridized carbons (Fsp3) is 0.533. The molecule has 114 valence electrons. The van der Waals surface area contributed by atoms with E-state index < -0.39 is 4.92 Å². The molecule has 0 aliphatic carbocycles. The highest BCUT2D eigenvalue weighted by atomic mass is 16.6. The van der Waals surface area contributed by atoms with Gasteiger partial charge in [0.2, 0.25) is 5.91 Å². The average Bonchev–Trinajstić information content (AvgIpc) is 2.49. The van der Waals surface area contributed by atoms with Crippen LogP contribution in [0.25, 0.3) is 0 Å². The molecule has 2 N–H and O–H groups in total. The number of nitrogens with two attached hydrogens (primary N) is 1. The highest BCUT2D eigenvalue weighted by molar-refractivity contribution is 5.78. The molecule has 2 rings (SSSR count). The van der Waals surface area contributed by atoms with E-state index in [2.05, 4.69) is 0 Å². The first-order valence-electron chi connectivity index (χ1n) is 7.31. The normalized spacial score (nSPS) is 16.0. The van der Waals surface area contributed by atoms with E-state index >= 15 is 0 Å². The molecule has 0 atom stereocenters. The summed E-state index contributed by atoms with van der Waals surface area (Å²) in [4.78, 5) is 24.3. The van der Waals surface area contributed by atoms with E-state index in [4.69, 9.17) is 5.73 Å². The Morgan fingerprint density at radius 1 is 1.29 bits per heavy atom. The van der Waals surface area contributed by atoms with E-state index in [0.29, 0.717) is 18.9 Å². The molecule has 1 saturated heterocycles. The molecule has 1 aliphatic heterocycles. The topological polar surface area (TPSA) is 89.5 Å². The SMILES string of the molecule is NCCC1CCN(C(=O)Cc2ccc([N+](=O)[O-])cc2)CC1. The molecule has 0 spiro atoms. The molecule has 1 aromatic rings. The Hall–Kier alpha value is -1.95. The van der Waals surface area contributed by atoms with Gasteiger partial charge in [-0.05, 0) is 37.3 Å². The number of nitrogens with zero attached hydrogens (tertiary/aromatic N) is 2. The van der Waals surface area contributed by atoms with Crippen molar-refractivity contribution in [2.45, 2.75) is 25.7 Å². The molecule has 0 saturated carbocycles. The maximum absolute atomic E-state index is 12.2. The van der Waals surface area contributed by atoms with Crippen molar-refractivity contribution in [3.8, 4) is 0 Å². The lowest BCUT2D eigenvalue weighted by molar-refractivity contribution is -0.384. The van der Waals surface area contributed by atoms with Gasteiger partial charge in [0.15, 0.2) is 0 Å². The number of rotatable bonds is 5. The van der Waals surface area contributed by atoms with Crippen LogP contribution in [0.5, 0.6) is 0 Å². The number of benzene rings is 1. The molecule has 1 heterocycles. The third-order valence-electron chi connectivity index (χ3n) is 4.04. The van der Waals surface area contributed by atoms with Crippen molar-refractivity contribution in [2.75, 3.05) is 19.6 Å². The zero-order valence-electron chi connectivity index (χ0n) is 12.0. The molecule has 1 amide bonds. The lowest BCUT2D eigenvalue weighted by Gasteiger charge is -2.32. The fourth-order valence-electron chi connectivity index (χ4n) is 2.73. The number of likely N-dealkylation sites (tertiary alicyclic amines) is 1. The minimum Gasteiger partial charge on any atom is -0.342 e. The van der Waals surface area contributed by atoms with Gasteiger partial charge in [0.05, 0.1) is 11.3 Å². The predicted octanol–water partition coefficient (Wildman–Crippen LogP) is 1.72. The van der Waals surface area contributed by atoms with Gasteiger partial charge >= 0.3 is 0 Å². The molecule has 6 heteroatoms. The summed E-state index contributed by atoms with van der Waals surface area (Å²) in [6.07, 6.45) is 3.37. The van der Waals surface area contributed by atoms with Crippen LogP contribution in [0.4, 0.5) is 5.69 Å². The van der Waals surface area contributed by atoms with Crippen molar-refractivity contribution in [1.82, 2.24) is 4.90 Å². The second-order valence-corrected chi connectivity index (χ2v) is 5.50. The Morgan fingerprint density at radius 3 is 2.43 bits per heavy atom. The number of nitro groups is 1. The van der Waals surface area contributed by atoms with E-state index in [0.717, 1.165) is 37.9 Å². The van der Waals surface area contributed by atoms with E-state index in [1.165, 1.54) is 12.1 Å². The van der Waals surface area contributed by atoms with Gasteiger partial charge in [0, 0.05) is 25.2 Å². The molecular formula is C15H21N3O3. The van der Waals surface area contributed by atoms with E-state index in [1.807, 2.05) is 4.90 Å². The molecule has 1 aromatic carbocycles. The van der Waals surface area contributed by atoms with Crippen molar-refractivity contribution in [2.24, 2.45) is 11.7 Å². The highest BCUT2D eigenvalue weighted by Crippen LogP contribution is 2.20. The number of piperidine rings is 1. The summed E-state index contributed by atoms with van der Waals surface area (Å²) in [5, 5.41) is 10.6. The third-order valence-corrected chi connectivity index (χ3v) is 4.04. The molecule has 21 heavy (non-hydrogen) atoms. The summed E-state index contributed by atoms with van der Waals surface area (Å²) < 4.78 is 0. The molecular weight excluding hydrogens is 270 g/mol. The highest BCUT2D eigenvalue weighted by Gasteiger charge is 2.22. The van der Waals surface area contributed by atoms with Crippen molar-refractivity contribution < 1.29 is 9.72 Å². The van der Waals surface area contributed by atoms with Crippen molar-refractivity contribution in [3.63, 3.8) is 0 Å². The number of amides is 1. The van der Waals surface area contributed by atoms with Crippen LogP contribution in [-0.4, -0.2) is 35.4 Å². The molecule has 0 radical (unpaired) electrons. The Morgan fingerprint density at radius 2 is 1.90 bits per heavy atom. The van der Waals surface area contributed by atoms with Gasteiger partial charge in [-0.1, -0.05) is 12.1 Å². The van der Waals surface area contributed by atoms with Crippen LogP contribution in [-0.2, 0) is 11.2 Å². The summed E-state index contributed by atoms with van der Waals surface area (Å²) in [6.45, 7) is 2.29. The van der Waals surface area contributed by atoms with Crippen LogP contribution >= 0.6 is 0 Å². The Kier molecular flexibility index (Phi) is 5.27. The largest absolute Gasteiger partial charge is 0.342 e. The fourth-order valence-corrected chi connectivity index (χ4v) is 2.73. The maximum atomic E-state index is 12.2. The lowest BCUT2D eigenvalue weighted by Crippen LogP contribution is -2.39. The summed E-state index contributed by atoms with van der Waals surface area (Å²) in [5.41, 5.74) is 6.43. The first kappa shape index (κ1) is 15.4. The molecule has 1 aliphatic rings. The average molecular weight is 291 g/mol. The number of non-ortho nitro benzene ring substituents is 1. The molecule has 0 bridgehead atoms. The van der Waals surface area contributed by atoms with Crippen LogP contribution in [0, 0.1) is 16.0 Å². The van der Waals surface area contributed by atoms with Crippen LogP contribution in [0.1, 0.15) is 24.8 Å². The van der Waals surface area contributed by atoms with Crippen LogP contribution in [0.2, 0.25) is 0 Å². The van der Waals surface area contributed by atoms with Crippen molar-refractivity contribution >= 4 is 11.6 Å². The standard InChI is InChI=1S/C15H21N3O3/c16-8-5-12-6-9-17(10-7-12)15(19)11-13-1-3-14(4-2-13)18(20)21/h1-4,12H,5-11,16H2. The van der Waals surface area contributed by atoms with E-state index in [9.17, 15) is 14.9 Å². The van der Waals surface area contributed by atoms with Crippen molar-refractivity contribution in [3.05, 3.63) is 39.9 Å². The summed E-state index contributed by atoms with van der Waals surface area (Å²) in [5.74, 6) is 0.730. The Balaban J connectivity index is 1.86. The van der Waals surface area contributed by atoms with Gasteiger partial charge < -0.3 is 10.6 Å². The van der Waals surface area contributed by atoms with Gasteiger partial charge in [-0.3, -0.25) is 14.9 Å². The van der Waals surface area contributed by atoms with Gasteiger partial charge in [0.25, 0.3) is 5.69 Å². The number of carbonyl (C=O) groups excluding carboxylic acids is 1. The van der Waals surface area contributed by atoms with Gasteiger partial charge in [-0.2, -0.15) is 0 Å². The predicted molar refractivity (Wildman–Crippen MR) is 79.8 cm³/mol. The monoisotopic (exact) mass is 291 g/mol. The van der Waals surface area contributed by atoms with Crippen LogP contribution < -0.4 is 5.73 Å². The first-order valence-corrected chi connectivity index (χ1v) is 7.31. The molecule has 1 fully saturated rings. The molecule has 0 unspecified atom stereocenters. The molecule has 0 aromatic heterocycles. The lowest BCUT2D eigenvalue weighted by atomic mass is 9.93. The minimum absolute atomic E-state index is 0.0498. The summed E-state index contributed by atoms with van der Waals surface area (Å²) >= 11 is 0. The molecule has 6 nitrogen and oxygen atoms in total. The summed E-state index contributed by atoms with van der Waals surface area (Å²) in [6, 6.07) is 6.18. The smallest absolute Gasteiger partial charge is 0.269 e. The second kappa shape index (κ2) is 7.17. The number of nitro benzene ring substituents is 1. The minimum atomic E-state index is -0.437. The van der Waals surface area contributed by atoms with Gasteiger partial charge in [-0.15, -0.1) is 0 Å². The van der Waals surface area contributed by atoms with E-state index in [1.54, 1.807) is 12.1 Å². The quantitative estimate of drug-likeness (QED) is 0.660. The van der Waals surface area contributed by atoms with Crippen LogP contribution in [0.3, 0.4) is 0 Å². The summed E-state index contributed by atoms with van der Waals surface area (Å²) in [7, 11) is 0. The third kappa shape index (κ3) is 4.26. The van der Waals surface area contributed by atoms with Gasteiger partial charge in [-0.25, -0.2) is 0 Å². The second-order valence-electron chi connectivity index (χ2n) is 5.50.